The maximum Gasteiger partial charge on any atom is 0.204 e. The third-order valence-electron chi connectivity index (χ3n) is 4.12. The van der Waals surface area contributed by atoms with Crippen LogP contribution in [0.25, 0.3) is 11.4 Å². The average Bonchev–Trinajstić information content (AvgIpc) is 3.08. The molecule has 0 saturated heterocycles. The second kappa shape index (κ2) is 5.79. The molecule has 118 valence electrons. The molecule has 2 aromatic heterocycles. The van der Waals surface area contributed by atoms with Crippen LogP contribution in [0.4, 0.5) is 0 Å². The topological polar surface area (TPSA) is 65.6 Å². The summed E-state index contributed by atoms with van der Waals surface area (Å²) in [6.07, 6.45) is 0. The van der Waals surface area contributed by atoms with Crippen LogP contribution in [0.3, 0.4) is 0 Å². The fraction of sp³-hybridized carbons (Fsp3) is 0.294. The van der Waals surface area contributed by atoms with Gasteiger partial charge < -0.3 is 4.57 Å². The van der Waals surface area contributed by atoms with Crippen molar-refractivity contribution in [3.63, 3.8) is 0 Å². The van der Waals surface area contributed by atoms with Gasteiger partial charge in [0.25, 0.3) is 0 Å². The van der Waals surface area contributed by atoms with E-state index in [1.54, 1.807) is 0 Å². The summed E-state index contributed by atoms with van der Waals surface area (Å²) in [5.41, 5.74) is 4.77. The van der Waals surface area contributed by atoms with Gasteiger partial charge in [0.2, 0.25) is 5.82 Å². The lowest BCUT2D eigenvalue weighted by molar-refractivity contribution is 0.0960. The summed E-state index contributed by atoms with van der Waals surface area (Å²) in [6.45, 7) is 6.03. The summed E-state index contributed by atoms with van der Waals surface area (Å²) < 4.78 is 2.00. The molecule has 0 spiro atoms. The number of carbonyl (C=O) groups is 1. The molecule has 23 heavy (non-hydrogen) atoms. The Morgan fingerprint density at radius 1 is 1.13 bits per heavy atom. The third-order valence-corrected chi connectivity index (χ3v) is 4.12. The first-order chi connectivity index (χ1) is 11.0. The van der Waals surface area contributed by atoms with E-state index in [0.717, 1.165) is 17.0 Å². The van der Waals surface area contributed by atoms with Crippen molar-refractivity contribution in [1.82, 2.24) is 24.8 Å². The maximum absolute atomic E-state index is 12.4. The molecule has 1 aromatic carbocycles. The molecule has 0 aliphatic carbocycles. The Bertz CT molecular complexity index is 858. The van der Waals surface area contributed by atoms with Crippen LogP contribution >= 0.6 is 0 Å². The lowest BCUT2D eigenvalue weighted by Gasteiger charge is -2.01. The van der Waals surface area contributed by atoms with Crippen LogP contribution in [-0.2, 0) is 13.6 Å². The molecule has 0 saturated carbocycles. The molecule has 6 heteroatoms. The molecular weight excluding hydrogens is 290 g/mol. The number of carbonyl (C=O) groups excluding carboxylic acids is 1. The summed E-state index contributed by atoms with van der Waals surface area (Å²) in [5, 5.41) is 12.3. The van der Waals surface area contributed by atoms with Gasteiger partial charge in [0.1, 0.15) is 6.54 Å². The second-order valence-corrected chi connectivity index (χ2v) is 5.78. The van der Waals surface area contributed by atoms with Crippen molar-refractivity contribution in [2.75, 3.05) is 0 Å². The third kappa shape index (κ3) is 2.92. The van der Waals surface area contributed by atoms with Crippen LogP contribution in [-0.4, -0.2) is 30.6 Å². The SMILES string of the molecule is Cc1ccc(-c2nnn(CC(=O)c3cc(C)n(C)c3C)n2)cc1. The van der Waals surface area contributed by atoms with E-state index in [4.69, 9.17) is 0 Å². The fourth-order valence-corrected chi connectivity index (χ4v) is 2.48. The van der Waals surface area contributed by atoms with Gasteiger partial charge in [0, 0.05) is 29.6 Å². The molecular formula is C17H19N5O. The smallest absolute Gasteiger partial charge is 0.204 e. The number of aromatic nitrogens is 5. The predicted molar refractivity (Wildman–Crippen MR) is 87.2 cm³/mol. The first-order valence-corrected chi connectivity index (χ1v) is 7.46. The summed E-state index contributed by atoms with van der Waals surface area (Å²) in [6, 6.07) is 9.79. The van der Waals surface area contributed by atoms with Crippen molar-refractivity contribution in [3.05, 3.63) is 52.8 Å². The molecule has 0 atom stereocenters. The van der Waals surface area contributed by atoms with Gasteiger partial charge in [-0.2, -0.15) is 4.80 Å². The zero-order valence-corrected chi connectivity index (χ0v) is 13.7. The van der Waals surface area contributed by atoms with E-state index in [9.17, 15) is 4.79 Å². The number of rotatable bonds is 4. The van der Waals surface area contributed by atoms with Gasteiger partial charge in [-0.1, -0.05) is 29.8 Å². The summed E-state index contributed by atoms with van der Waals surface area (Å²) in [7, 11) is 1.95. The highest BCUT2D eigenvalue weighted by molar-refractivity contribution is 5.97. The van der Waals surface area contributed by atoms with E-state index in [1.807, 2.05) is 62.7 Å². The van der Waals surface area contributed by atoms with Crippen molar-refractivity contribution in [1.29, 1.82) is 0 Å². The monoisotopic (exact) mass is 309 g/mol. The van der Waals surface area contributed by atoms with E-state index < -0.39 is 0 Å². The number of tetrazole rings is 1. The second-order valence-electron chi connectivity index (χ2n) is 5.78. The highest BCUT2D eigenvalue weighted by Crippen LogP contribution is 2.16. The van der Waals surface area contributed by atoms with Crippen LogP contribution in [0.2, 0.25) is 0 Å². The zero-order chi connectivity index (χ0) is 16.6. The highest BCUT2D eigenvalue weighted by Gasteiger charge is 2.16. The lowest BCUT2D eigenvalue weighted by Crippen LogP contribution is -2.14. The van der Waals surface area contributed by atoms with Gasteiger partial charge in [0.15, 0.2) is 5.78 Å². The molecule has 2 heterocycles. The highest BCUT2D eigenvalue weighted by atomic mass is 16.1. The number of ketones is 1. The normalized spacial score (nSPS) is 11.0. The fourth-order valence-electron chi connectivity index (χ4n) is 2.48. The Morgan fingerprint density at radius 2 is 1.83 bits per heavy atom. The van der Waals surface area contributed by atoms with Crippen LogP contribution in [0.15, 0.2) is 30.3 Å². The number of hydrogen-bond acceptors (Lipinski definition) is 4. The molecule has 0 unspecified atom stereocenters. The summed E-state index contributed by atoms with van der Waals surface area (Å²) in [5.74, 6) is 0.512. The minimum Gasteiger partial charge on any atom is -0.351 e. The van der Waals surface area contributed by atoms with E-state index in [0.29, 0.717) is 11.4 Å². The molecule has 0 N–H and O–H groups in total. The Morgan fingerprint density at radius 3 is 2.43 bits per heavy atom. The molecule has 6 nitrogen and oxygen atoms in total. The Labute approximate surface area is 134 Å². The van der Waals surface area contributed by atoms with Crippen molar-refractivity contribution < 1.29 is 4.79 Å². The minimum absolute atomic E-state index is 0.0148. The Balaban J connectivity index is 1.80. The van der Waals surface area contributed by atoms with Crippen molar-refractivity contribution >= 4 is 5.78 Å². The van der Waals surface area contributed by atoms with E-state index in [2.05, 4.69) is 15.4 Å². The van der Waals surface area contributed by atoms with Crippen LogP contribution in [0.1, 0.15) is 27.3 Å². The average molecular weight is 309 g/mol. The molecule has 3 aromatic rings. The summed E-state index contributed by atoms with van der Waals surface area (Å²) >= 11 is 0. The zero-order valence-electron chi connectivity index (χ0n) is 13.7. The molecule has 0 radical (unpaired) electrons. The number of hydrogen-bond donors (Lipinski definition) is 0. The van der Waals surface area contributed by atoms with Gasteiger partial charge in [-0.05, 0) is 32.1 Å². The van der Waals surface area contributed by atoms with Crippen LogP contribution < -0.4 is 0 Å². The van der Waals surface area contributed by atoms with Gasteiger partial charge in [-0.25, -0.2) is 0 Å². The number of Topliss-reactive ketones (excluding diaryl/α,β-unsaturated/α-hetero) is 1. The molecule has 0 fully saturated rings. The Hall–Kier alpha value is -2.76. The van der Waals surface area contributed by atoms with Gasteiger partial charge in [-0.15, -0.1) is 10.2 Å². The van der Waals surface area contributed by atoms with Crippen molar-refractivity contribution in [2.45, 2.75) is 27.3 Å². The van der Waals surface area contributed by atoms with Crippen molar-refractivity contribution in [2.24, 2.45) is 7.05 Å². The largest absolute Gasteiger partial charge is 0.351 e. The Kier molecular flexibility index (Phi) is 3.82. The van der Waals surface area contributed by atoms with Gasteiger partial charge in [0.05, 0.1) is 0 Å². The standard InChI is InChI=1S/C17H19N5O/c1-11-5-7-14(8-6-11)17-18-20-22(19-17)10-16(23)15-9-12(2)21(4)13(15)3/h5-9H,10H2,1-4H3. The number of aryl methyl sites for hydroxylation is 2. The van der Waals surface area contributed by atoms with E-state index >= 15 is 0 Å². The quantitative estimate of drug-likeness (QED) is 0.695. The molecule has 0 bridgehead atoms. The van der Waals surface area contributed by atoms with Crippen molar-refractivity contribution in [3.8, 4) is 11.4 Å². The van der Waals surface area contributed by atoms with E-state index in [1.165, 1.54) is 10.4 Å². The first-order valence-electron chi connectivity index (χ1n) is 7.46. The van der Waals surface area contributed by atoms with Crippen LogP contribution in [0.5, 0.6) is 0 Å². The first kappa shape index (κ1) is 15.1. The number of benzene rings is 1. The molecule has 0 amide bonds. The molecule has 0 aliphatic rings. The van der Waals surface area contributed by atoms with Gasteiger partial charge in [-0.3, -0.25) is 4.79 Å². The predicted octanol–water partition coefficient (Wildman–Crippen LogP) is 2.49. The lowest BCUT2D eigenvalue weighted by atomic mass is 10.1. The molecule has 0 aliphatic heterocycles. The van der Waals surface area contributed by atoms with Crippen LogP contribution in [0, 0.1) is 20.8 Å². The van der Waals surface area contributed by atoms with E-state index in [-0.39, 0.29) is 12.3 Å². The minimum atomic E-state index is -0.0148. The molecule has 3 rings (SSSR count). The number of nitrogens with zero attached hydrogens (tertiary/aromatic N) is 5. The maximum atomic E-state index is 12.4. The van der Waals surface area contributed by atoms with Gasteiger partial charge >= 0.3 is 0 Å². The summed E-state index contributed by atoms with van der Waals surface area (Å²) in [4.78, 5) is 13.8.